The molecule has 3 rings (SSSR count). The van der Waals surface area contributed by atoms with Crippen molar-refractivity contribution in [1.29, 1.82) is 0 Å². The summed E-state index contributed by atoms with van der Waals surface area (Å²) in [6.07, 6.45) is 3.66. The summed E-state index contributed by atoms with van der Waals surface area (Å²) in [7, 11) is 0. The van der Waals surface area contributed by atoms with Crippen LogP contribution in [0, 0.1) is 0 Å². The van der Waals surface area contributed by atoms with Gasteiger partial charge in [0, 0.05) is 11.6 Å². The van der Waals surface area contributed by atoms with Crippen LogP contribution in [0.1, 0.15) is 0 Å². The molecule has 1 aromatic rings. The zero-order chi connectivity index (χ0) is 7.97. The van der Waals surface area contributed by atoms with Crippen molar-refractivity contribution < 1.29 is 4.42 Å². The third-order valence-corrected chi connectivity index (χ3v) is 2.16. The SMILES string of the molecule is c1cc2c[nH]c3occc3c-2c1. The van der Waals surface area contributed by atoms with Crippen molar-refractivity contribution in [3.8, 4) is 11.1 Å². The molecule has 2 nitrogen and oxygen atoms in total. The van der Waals surface area contributed by atoms with Gasteiger partial charge in [0.2, 0.25) is 5.71 Å². The lowest BCUT2D eigenvalue weighted by Gasteiger charge is -1.98. The summed E-state index contributed by atoms with van der Waals surface area (Å²) in [6, 6.07) is 8.21. The fraction of sp³-hybridized carbons (Fsp3) is 0. The van der Waals surface area contributed by atoms with E-state index >= 15 is 0 Å². The van der Waals surface area contributed by atoms with E-state index in [0.29, 0.717) is 0 Å². The van der Waals surface area contributed by atoms with Crippen molar-refractivity contribution in [3.63, 3.8) is 0 Å². The first-order chi connectivity index (χ1) is 5.95. The van der Waals surface area contributed by atoms with Crippen LogP contribution in [-0.2, 0) is 0 Å². The quantitative estimate of drug-likeness (QED) is 0.534. The molecule has 12 heavy (non-hydrogen) atoms. The highest BCUT2D eigenvalue weighted by Gasteiger charge is 2.07. The monoisotopic (exact) mass is 157 g/mol. The first kappa shape index (κ1) is 5.89. The highest BCUT2D eigenvalue weighted by molar-refractivity contribution is 5.93. The lowest BCUT2D eigenvalue weighted by atomic mass is 10.1. The van der Waals surface area contributed by atoms with Crippen LogP contribution in [0.5, 0.6) is 0 Å². The summed E-state index contributed by atoms with van der Waals surface area (Å²) in [5, 5.41) is 1.15. The summed E-state index contributed by atoms with van der Waals surface area (Å²) in [5.41, 5.74) is 3.31. The molecule has 2 heterocycles. The van der Waals surface area contributed by atoms with E-state index in [1.165, 1.54) is 11.1 Å². The molecular weight excluding hydrogens is 150 g/mol. The summed E-state index contributed by atoms with van der Waals surface area (Å²) in [5.74, 6) is 0. The van der Waals surface area contributed by atoms with Crippen LogP contribution < -0.4 is 0 Å². The van der Waals surface area contributed by atoms with Gasteiger partial charge in [-0.2, -0.15) is 0 Å². The van der Waals surface area contributed by atoms with Gasteiger partial charge in [0.1, 0.15) is 0 Å². The maximum atomic E-state index is 5.24. The third kappa shape index (κ3) is 0.593. The van der Waals surface area contributed by atoms with Gasteiger partial charge in [-0.1, -0.05) is 18.2 Å². The predicted octanol–water partition coefficient (Wildman–Crippen LogP) is 2.87. The predicted molar refractivity (Wildman–Crippen MR) is 47.2 cm³/mol. The lowest BCUT2D eigenvalue weighted by molar-refractivity contribution is 0.603. The number of hydrogen-bond acceptors (Lipinski definition) is 1. The molecule has 0 saturated carbocycles. The fourth-order valence-corrected chi connectivity index (χ4v) is 1.58. The molecule has 0 spiro atoms. The van der Waals surface area contributed by atoms with E-state index in [9.17, 15) is 0 Å². The Morgan fingerprint density at radius 1 is 1.17 bits per heavy atom. The van der Waals surface area contributed by atoms with Gasteiger partial charge in [-0.3, -0.25) is 0 Å². The second-order valence-corrected chi connectivity index (χ2v) is 2.85. The summed E-state index contributed by atoms with van der Waals surface area (Å²) < 4.78 is 5.24. The summed E-state index contributed by atoms with van der Waals surface area (Å²) in [6.45, 7) is 0. The van der Waals surface area contributed by atoms with Crippen LogP contribution >= 0.6 is 0 Å². The molecule has 0 unspecified atom stereocenters. The zero-order valence-electron chi connectivity index (χ0n) is 6.37. The van der Waals surface area contributed by atoms with E-state index in [1.54, 1.807) is 6.26 Å². The highest BCUT2D eigenvalue weighted by Crippen LogP contribution is 2.30. The number of H-pyrrole nitrogens is 1. The van der Waals surface area contributed by atoms with Gasteiger partial charge in [-0.25, -0.2) is 0 Å². The molecule has 0 atom stereocenters. The van der Waals surface area contributed by atoms with Gasteiger partial charge in [-0.15, -0.1) is 0 Å². The number of aromatic nitrogens is 1. The van der Waals surface area contributed by atoms with Gasteiger partial charge < -0.3 is 9.40 Å². The van der Waals surface area contributed by atoms with Gasteiger partial charge in [0.25, 0.3) is 0 Å². The van der Waals surface area contributed by atoms with Crippen LogP contribution in [0.2, 0.25) is 0 Å². The molecule has 0 saturated heterocycles. The average Bonchev–Trinajstić information content (AvgIpc) is 2.71. The molecule has 1 aromatic heterocycles. The molecule has 2 heteroatoms. The number of pyridine rings is 1. The molecular formula is C10H7NO. The Balaban J connectivity index is 2.61. The molecule has 0 amide bonds. The standard InChI is InChI=1S/C10H7NO/c1-2-7-6-11-10-9(4-5-12-10)8(7)3-1/h1-6,11H. The average molecular weight is 157 g/mol. The topological polar surface area (TPSA) is 28.9 Å². The number of aromatic amines is 1. The molecule has 2 aliphatic rings. The maximum absolute atomic E-state index is 5.24. The fourth-order valence-electron chi connectivity index (χ4n) is 1.58. The zero-order valence-corrected chi connectivity index (χ0v) is 6.37. The van der Waals surface area contributed by atoms with Crippen molar-refractivity contribution in [3.05, 3.63) is 36.7 Å². The normalized spacial score (nSPS) is 11.3. The Kier molecular flexibility index (Phi) is 0.939. The van der Waals surface area contributed by atoms with Gasteiger partial charge in [0.05, 0.1) is 6.26 Å². The first-order valence-corrected chi connectivity index (χ1v) is 3.88. The van der Waals surface area contributed by atoms with Gasteiger partial charge in [0.15, 0.2) is 0 Å². The van der Waals surface area contributed by atoms with E-state index in [4.69, 9.17) is 4.42 Å². The molecule has 1 aliphatic carbocycles. The van der Waals surface area contributed by atoms with Crippen molar-refractivity contribution in [2.75, 3.05) is 0 Å². The van der Waals surface area contributed by atoms with Crippen LogP contribution in [-0.4, -0.2) is 4.98 Å². The van der Waals surface area contributed by atoms with E-state index in [2.05, 4.69) is 17.1 Å². The summed E-state index contributed by atoms with van der Waals surface area (Å²) >= 11 is 0. The second kappa shape index (κ2) is 1.91. The minimum Gasteiger partial charge on any atom is -0.448 e. The molecule has 0 radical (unpaired) electrons. The molecule has 0 bridgehead atoms. The number of fused-ring (bicyclic) bond motifs is 3. The van der Waals surface area contributed by atoms with Crippen LogP contribution in [0.4, 0.5) is 0 Å². The molecule has 1 aliphatic heterocycles. The van der Waals surface area contributed by atoms with Crippen molar-refractivity contribution in [2.24, 2.45) is 0 Å². The molecule has 58 valence electrons. The van der Waals surface area contributed by atoms with E-state index in [1.807, 2.05) is 18.3 Å². The second-order valence-electron chi connectivity index (χ2n) is 2.85. The number of rotatable bonds is 0. The minimum absolute atomic E-state index is 0.841. The lowest BCUT2D eigenvalue weighted by Crippen LogP contribution is -1.77. The molecule has 0 fully saturated rings. The Hall–Kier alpha value is -1.70. The van der Waals surface area contributed by atoms with Crippen molar-refractivity contribution in [2.45, 2.75) is 0 Å². The van der Waals surface area contributed by atoms with Crippen LogP contribution in [0.15, 0.2) is 41.1 Å². The summed E-state index contributed by atoms with van der Waals surface area (Å²) in [4.78, 5) is 3.09. The maximum Gasteiger partial charge on any atom is 0.204 e. The van der Waals surface area contributed by atoms with E-state index < -0.39 is 0 Å². The Bertz CT molecular complexity index is 491. The van der Waals surface area contributed by atoms with E-state index in [0.717, 1.165) is 11.1 Å². The Labute approximate surface area is 69.2 Å². The largest absolute Gasteiger partial charge is 0.448 e. The molecule has 0 aromatic carbocycles. The molecule has 1 N–H and O–H groups in total. The highest BCUT2D eigenvalue weighted by atomic mass is 16.3. The van der Waals surface area contributed by atoms with Crippen molar-refractivity contribution >= 4 is 11.1 Å². The van der Waals surface area contributed by atoms with Gasteiger partial charge >= 0.3 is 0 Å². The number of nitrogens with one attached hydrogen (secondary N) is 1. The Morgan fingerprint density at radius 2 is 2.17 bits per heavy atom. The third-order valence-electron chi connectivity index (χ3n) is 2.16. The van der Waals surface area contributed by atoms with E-state index in [-0.39, 0.29) is 0 Å². The first-order valence-electron chi connectivity index (χ1n) is 3.88. The van der Waals surface area contributed by atoms with Crippen LogP contribution in [0.25, 0.3) is 22.2 Å². The number of hydrogen-bond donors (Lipinski definition) is 1. The smallest absolute Gasteiger partial charge is 0.204 e. The van der Waals surface area contributed by atoms with Crippen LogP contribution in [0.3, 0.4) is 0 Å². The number of furan rings is 1. The Morgan fingerprint density at radius 3 is 3.17 bits per heavy atom. The van der Waals surface area contributed by atoms with Gasteiger partial charge in [-0.05, 0) is 17.2 Å². The van der Waals surface area contributed by atoms with Crippen molar-refractivity contribution in [1.82, 2.24) is 4.98 Å². The minimum atomic E-state index is 0.841.